The maximum absolute atomic E-state index is 12.6. The molecule has 3 rings (SSSR count). The van der Waals surface area contributed by atoms with Crippen LogP contribution in [-0.2, 0) is 14.8 Å². The van der Waals surface area contributed by atoms with Gasteiger partial charge < -0.3 is 10.1 Å². The maximum Gasteiger partial charge on any atom is 0.242 e. The number of hydrogen-bond donors (Lipinski definition) is 1. The lowest BCUT2D eigenvalue weighted by molar-refractivity contribution is -0.118. The molecule has 0 aromatic heterocycles. The van der Waals surface area contributed by atoms with Gasteiger partial charge in [0.15, 0.2) is 0 Å². The third kappa shape index (κ3) is 4.67. The third-order valence-corrected chi connectivity index (χ3v) is 7.78. The predicted octanol–water partition coefficient (Wildman–Crippen LogP) is 2.40. The van der Waals surface area contributed by atoms with Crippen molar-refractivity contribution >= 4 is 21.6 Å². The van der Waals surface area contributed by atoms with E-state index in [-0.39, 0.29) is 10.8 Å². The number of hydrogen-bond acceptors (Lipinski definition) is 5. The van der Waals surface area contributed by atoms with Gasteiger partial charge in [-0.3, -0.25) is 9.69 Å². The van der Waals surface area contributed by atoms with Crippen molar-refractivity contribution in [1.82, 2.24) is 9.21 Å². The largest absolute Gasteiger partial charge is 0.495 e. The first-order valence-electron chi connectivity index (χ1n) is 9.94. The highest BCUT2D eigenvalue weighted by Gasteiger charge is 2.31. The number of amides is 1. The van der Waals surface area contributed by atoms with Crippen molar-refractivity contribution in [1.29, 1.82) is 0 Å². The highest BCUT2D eigenvalue weighted by molar-refractivity contribution is 7.89. The molecule has 1 aliphatic carbocycles. The summed E-state index contributed by atoms with van der Waals surface area (Å²) in [4.78, 5) is 15.0. The Hall–Kier alpha value is -1.64. The van der Waals surface area contributed by atoms with E-state index in [2.05, 4.69) is 10.2 Å². The fourth-order valence-corrected chi connectivity index (χ4v) is 5.30. The van der Waals surface area contributed by atoms with E-state index in [1.165, 1.54) is 59.0 Å². The lowest BCUT2D eigenvalue weighted by Crippen LogP contribution is -2.44. The van der Waals surface area contributed by atoms with Gasteiger partial charge in [-0.05, 0) is 49.4 Å². The average molecular weight is 410 g/mol. The van der Waals surface area contributed by atoms with Crippen LogP contribution in [0, 0.1) is 11.8 Å². The van der Waals surface area contributed by atoms with E-state index in [9.17, 15) is 13.2 Å². The Morgan fingerprint density at radius 1 is 1.21 bits per heavy atom. The topological polar surface area (TPSA) is 79.0 Å². The predicted molar refractivity (Wildman–Crippen MR) is 109 cm³/mol. The Labute approximate surface area is 168 Å². The number of ether oxygens (including phenoxy) is 1. The molecular formula is C20H31N3O4S. The number of sulfonamides is 1. The zero-order valence-electron chi connectivity index (χ0n) is 17.0. The standard InChI is InChI=1S/C20H31N3O4S/c1-22(2)28(25,26)17-8-9-19(27-3)18(12-17)21-20(24)14-23-11-10-15-6-4-5-7-16(15)13-23/h8-9,12,15-16H,4-7,10-11,13-14H2,1-3H3,(H,21,24)/t15-,16+/m0/s1. The van der Waals surface area contributed by atoms with E-state index >= 15 is 0 Å². The zero-order valence-corrected chi connectivity index (χ0v) is 17.8. The van der Waals surface area contributed by atoms with E-state index in [1.807, 2.05) is 0 Å². The summed E-state index contributed by atoms with van der Waals surface area (Å²) in [5.41, 5.74) is 0.378. The van der Waals surface area contributed by atoms with Gasteiger partial charge in [0.2, 0.25) is 15.9 Å². The van der Waals surface area contributed by atoms with Crippen LogP contribution in [0.5, 0.6) is 5.75 Å². The molecule has 0 radical (unpaired) electrons. The number of nitrogens with zero attached hydrogens (tertiary/aromatic N) is 2. The molecule has 1 amide bonds. The van der Waals surface area contributed by atoms with Crippen molar-refractivity contribution in [2.75, 3.05) is 46.2 Å². The van der Waals surface area contributed by atoms with Gasteiger partial charge in [-0.2, -0.15) is 0 Å². The van der Waals surface area contributed by atoms with Gasteiger partial charge in [-0.25, -0.2) is 12.7 Å². The Morgan fingerprint density at radius 3 is 2.61 bits per heavy atom. The summed E-state index contributed by atoms with van der Waals surface area (Å²) in [6.07, 6.45) is 6.40. The summed E-state index contributed by atoms with van der Waals surface area (Å²) in [6, 6.07) is 4.51. The summed E-state index contributed by atoms with van der Waals surface area (Å²) in [6.45, 7) is 2.24. The normalized spacial score (nSPS) is 23.3. The number of rotatable bonds is 6. The Bertz CT molecular complexity index is 810. The van der Waals surface area contributed by atoms with Gasteiger partial charge in [0.05, 0.1) is 24.2 Å². The lowest BCUT2D eigenvalue weighted by Gasteiger charge is -2.41. The minimum absolute atomic E-state index is 0.122. The molecule has 1 aliphatic heterocycles. The van der Waals surface area contributed by atoms with Gasteiger partial charge in [-0.1, -0.05) is 19.3 Å². The van der Waals surface area contributed by atoms with Crippen LogP contribution >= 0.6 is 0 Å². The number of methoxy groups -OCH3 is 1. The minimum Gasteiger partial charge on any atom is -0.495 e. The van der Waals surface area contributed by atoms with Crippen LogP contribution in [0.1, 0.15) is 32.1 Å². The van der Waals surface area contributed by atoms with Gasteiger partial charge in [-0.15, -0.1) is 0 Å². The molecule has 1 heterocycles. The molecule has 1 saturated heterocycles. The number of anilines is 1. The summed E-state index contributed by atoms with van der Waals surface area (Å²) in [5.74, 6) is 1.82. The fraction of sp³-hybridized carbons (Fsp3) is 0.650. The molecule has 0 unspecified atom stereocenters. The Kier molecular flexibility index (Phi) is 6.62. The number of piperidine rings is 1. The first-order chi connectivity index (χ1) is 13.3. The molecule has 0 spiro atoms. The summed E-state index contributed by atoms with van der Waals surface area (Å²) >= 11 is 0. The van der Waals surface area contributed by atoms with Crippen LogP contribution in [0.4, 0.5) is 5.69 Å². The number of nitrogens with one attached hydrogen (secondary N) is 1. The number of carbonyl (C=O) groups is 1. The number of fused-ring (bicyclic) bond motifs is 1. The number of carbonyl (C=O) groups excluding carboxylic acids is 1. The van der Waals surface area contributed by atoms with Crippen LogP contribution in [0.25, 0.3) is 0 Å². The molecule has 156 valence electrons. The zero-order chi connectivity index (χ0) is 20.3. The summed E-state index contributed by atoms with van der Waals surface area (Å²) < 4.78 is 31.2. The van der Waals surface area contributed by atoms with Crippen molar-refractivity contribution < 1.29 is 17.9 Å². The minimum atomic E-state index is -3.58. The summed E-state index contributed by atoms with van der Waals surface area (Å²) in [5, 5.41) is 2.84. The summed E-state index contributed by atoms with van der Waals surface area (Å²) in [7, 11) is 0.872. The van der Waals surface area contributed by atoms with Crippen molar-refractivity contribution in [3.05, 3.63) is 18.2 Å². The van der Waals surface area contributed by atoms with Gasteiger partial charge in [0.1, 0.15) is 5.75 Å². The van der Waals surface area contributed by atoms with E-state index < -0.39 is 10.0 Å². The average Bonchev–Trinajstić information content (AvgIpc) is 2.67. The lowest BCUT2D eigenvalue weighted by atomic mass is 9.75. The molecule has 1 aromatic rings. The van der Waals surface area contributed by atoms with Crippen LogP contribution in [-0.4, -0.2) is 64.4 Å². The molecule has 0 bridgehead atoms. The van der Waals surface area contributed by atoms with Crippen molar-refractivity contribution in [3.8, 4) is 5.75 Å². The van der Waals surface area contributed by atoms with Crippen molar-refractivity contribution in [2.45, 2.75) is 37.0 Å². The van der Waals surface area contributed by atoms with Crippen molar-refractivity contribution in [3.63, 3.8) is 0 Å². The van der Waals surface area contributed by atoms with E-state index in [0.717, 1.165) is 29.7 Å². The quantitative estimate of drug-likeness (QED) is 0.781. The highest BCUT2D eigenvalue weighted by atomic mass is 32.2. The molecule has 1 N–H and O–H groups in total. The Morgan fingerprint density at radius 2 is 1.93 bits per heavy atom. The highest BCUT2D eigenvalue weighted by Crippen LogP contribution is 2.36. The number of benzene rings is 1. The maximum atomic E-state index is 12.6. The molecule has 2 aliphatic rings. The smallest absolute Gasteiger partial charge is 0.242 e. The van der Waals surface area contributed by atoms with E-state index in [1.54, 1.807) is 6.07 Å². The molecule has 28 heavy (non-hydrogen) atoms. The fourth-order valence-electron chi connectivity index (χ4n) is 4.37. The van der Waals surface area contributed by atoms with Crippen molar-refractivity contribution in [2.24, 2.45) is 11.8 Å². The molecule has 1 saturated carbocycles. The second-order valence-electron chi connectivity index (χ2n) is 8.03. The first kappa shape index (κ1) is 21.1. The first-order valence-corrected chi connectivity index (χ1v) is 11.4. The molecular weight excluding hydrogens is 378 g/mol. The van der Waals surface area contributed by atoms with Gasteiger partial charge in [0, 0.05) is 20.6 Å². The third-order valence-electron chi connectivity index (χ3n) is 5.97. The molecule has 2 atom stereocenters. The Balaban J connectivity index is 1.67. The number of likely N-dealkylation sites (tertiary alicyclic amines) is 1. The van der Waals surface area contributed by atoms with Gasteiger partial charge in [0.25, 0.3) is 0 Å². The second kappa shape index (κ2) is 8.80. The van der Waals surface area contributed by atoms with E-state index in [4.69, 9.17) is 4.74 Å². The van der Waals surface area contributed by atoms with Crippen LogP contribution in [0.2, 0.25) is 0 Å². The van der Waals surface area contributed by atoms with Gasteiger partial charge >= 0.3 is 0 Å². The van der Waals surface area contributed by atoms with Crippen LogP contribution in [0.3, 0.4) is 0 Å². The van der Waals surface area contributed by atoms with Crippen LogP contribution in [0.15, 0.2) is 23.1 Å². The SMILES string of the molecule is COc1ccc(S(=O)(=O)N(C)C)cc1NC(=O)CN1CC[C@@H]2CCCC[C@@H]2C1. The second-order valence-corrected chi connectivity index (χ2v) is 10.2. The molecule has 7 nitrogen and oxygen atoms in total. The molecule has 8 heteroatoms. The monoisotopic (exact) mass is 409 g/mol. The van der Waals surface area contributed by atoms with E-state index in [0.29, 0.717) is 23.9 Å². The van der Waals surface area contributed by atoms with Crippen LogP contribution < -0.4 is 10.1 Å². The molecule has 1 aromatic carbocycles. The molecule has 2 fully saturated rings.